The Morgan fingerprint density at radius 2 is 1.96 bits per heavy atom. The van der Waals surface area contributed by atoms with Crippen LogP contribution in [0.25, 0.3) is 0 Å². The van der Waals surface area contributed by atoms with E-state index in [4.69, 9.17) is 9.26 Å². The second-order valence-electron chi connectivity index (χ2n) is 6.50. The molecule has 1 aliphatic heterocycles. The Kier molecular flexibility index (Phi) is 5.18. The molecular formula is C19H23FN2O3. The van der Waals surface area contributed by atoms with Crippen molar-refractivity contribution in [1.29, 1.82) is 0 Å². The van der Waals surface area contributed by atoms with Crippen molar-refractivity contribution in [3.8, 4) is 0 Å². The third kappa shape index (κ3) is 3.58. The summed E-state index contributed by atoms with van der Waals surface area (Å²) < 4.78 is 24.1. The lowest BCUT2D eigenvalue weighted by molar-refractivity contribution is -0.140. The normalized spacial score (nSPS) is 16.6. The van der Waals surface area contributed by atoms with Gasteiger partial charge in [0, 0.05) is 26.3 Å². The molecule has 0 unspecified atom stereocenters. The number of amides is 1. The van der Waals surface area contributed by atoms with Crippen molar-refractivity contribution in [2.45, 2.75) is 38.1 Å². The van der Waals surface area contributed by atoms with Gasteiger partial charge in [-0.05, 0) is 37.0 Å². The van der Waals surface area contributed by atoms with Crippen LogP contribution in [0.1, 0.15) is 36.8 Å². The number of carbonyl (C=O) groups is 1. The first-order valence-electron chi connectivity index (χ1n) is 8.59. The summed E-state index contributed by atoms with van der Waals surface area (Å²) in [5.74, 6) is 0.353. The number of carbonyl (C=O) groups excluding carboxylic acids is 1. The smallest absolute Gasteiger partial charge is 0.233 e. The Morgan fingerprint density at radius 3 is 2.56 bits per heavy atom. The first-order valence-corrected chi connectivity index (χ1v) is 8.59. The van der Waals surface area contributed by atoms with Gasteiger partial charge in [0.1, 0.15) is 5.82 Å². The second-order valence-corrected chi connectivity index (χ2v) is 6.50. The molecule has 3 rings (SSSR count). The van der Waals surface area contributed by atoms with Gasteiger partial charge in [-0.1, -0.05) is 24.2 Å². The Bertz CT molecular complexity index is 721. The zero-order valence-corrected chi connectivity index (χ0v) is 14.6. The van der Waals surface area contributed by atoms with Crippen molar-refractivity contribution in [3.63, 3.8) is 0 Å². The van der Waals surface area contributed by atoms with E-state index < -0.39 is 5.41 Å². The lowest BCUT2D eigenvalue weighted by atomic mass is 9.73. The summed E-state index contributed by atoms with van der Waals surface area (Å²) in [6, 6.07) is 8.10. The summed E-state index contributed by atoms with van der Waals surface area (Å²) in [5, 5.41) is 3.97. The van der Waals surface area contributed by atoms with Crippen LogP contribution in [0.2, 0.25) is 0 Å². The standard InChI is InChI=1S/C19H23FN2O3/c1-3-16-12-17(25-21-16)13-22(2)18(23)19(8-10-24-11-9-19)14-4-6-15(20)7-5-14/h4-7,12H,3,8-11,13H2,1-2H3. The van der Waals surface area contributed by atoms with Gasteiger partial charge in [0.2, 0.25) is 5.91 Å². The van der Waals surface area contributed by atoms with Gasteiger partial charge in [-0.15, -0.1) is 0 Å². The first-order chi connectivity index (χ1) is 12.0. The molecule has 25 heavy (non-hydrogen) atoms. The highest BCUT2D eigenvalue weighted by molar-refractivity contribution is 5.88. The van der Waals surface area contributed by atoms with E-state index >= 15 is 0 Å². The lowest BCUT2D eigenvalue weighted by Crippen LogP contribution is -2.48. The predicted octanol–water partition coefficient (Wildman–Crippen LogP) is 3.08. The molecular weight excluding hydrogens is 323 g/mol. The van der Waals surface area contributed by atoms with Crippen molar-refractivity contribution < 1.29 is 18.4 Å². The predicted molar refractivity (Wildman–Crippen MR) is 90.5 cm³/mol. The molecule has 2 heterocycles. The van der Waals surface area contributed by atoms with Crippen LogP contribution in [0.3, 0.4) is 0 Å². The zero-order valence-electron chi connectivity index (χ0n) is 14.6. The van der Waals surface area contributed by atoms with E-state index in [0.29, 0.717) is 38.4 Å². The highest BCUT2D eigenvalue weighted by Gasteiger charge is 2.43. The van der Waals surface area contributed by atoms with Crippen LogP contribution in [0, 0.1) is 5.82 Å². The topological polar surface area (TPSA) is 55.6 Å². The summed E-state index contributed by atoms with van der Waals surface area (Å²) in [6.45, 7) is 3.39. The largest absolute Gasteiger partial charge is 0.381 e. The molecule has 6 heteroatoms. The van der Waals surface area contributed by atoms with E-state index in [0.717, 1.165) is 17.7 Å². The zero-order chi connectivity index (χ0) is 17.9. The quantitative estimate of drug-likeness (QED) is 0.835. The second kappa shape index (κ2) is 7.35. The summed E-state index contributed by atoms with van der Waals surface area (Å²) in [6.07, 6.45) is 1.95. The summed E-state index contributed by atoms with van der Waals surface area (Å²) in [5.41, 5.74) is 1.02. The van der Waals surface area contributed by atoms with Crippen molar-refractivity contribution in [2.75, 3.05) is 20.3 Å². The average molecular weight is 346 g/mol. The molecule has 0 N–H and O–H groups in total. The molecule has 1 aromatic carbocycles. The third-order valence-corrected chi connectivity index (χ3v) is 4.86. The van der Waals surface area contributed by atoms with Crippen LogP contribution in [0.15, 0.2) is 34.9 Å². The average Bonchev–Trinajstić information content (AvgIpc) is 3.09. The number of likely N-dealkylation sites (N-methyl/N-ethyl adjacent to an activating group) is 1. The number of halogens is 1. The molecule has 0 atom stereocenters. The molecule has 1 amide bonds. The van der Waals surface area contributed by atoms with E-state index in [1.54, 1.807) is 24.1 Å². The number of hydrogen-bond acceptors (Lipinski definition) is 4. The first kappa shape index (κ1) is 17.6. The van der Waals surface area contributed by atoms with Gasteiger partial charge < -0.3 is 14.2 Å². The van der Waals surface area contributed by atoms with Crippen LogP contribution in [-0.2, 0) is 27.9 Å². The van der Waals surface area contributed by atoms with Crippen LogP contribution in [0.5, 0.6) is 0 Å². The minimum Gasteiger partial charge on any atom is -0.381 e. The van der Waals surface area contributed by atoms with Crippen molar-refractivity contribution in [2.24, 2.45) is 0 Å². The van der Waals surface area contributed by atoms with Gasteiger partial charge in [-0.3, -0.25) is 4.79 Å². The number of ether oxygens (including phenoxy) is 1. The monoisotopic (exact) mass is 346 g/mol. The van der Waals surface area contributed by atoms with Gasteiger partial charge in [0.25, 0.3) is 0 Å². The minimum atomic E-state index is -0.686. The maximum absolute atomic E-state index is 13.3. The van der Waals surface area contributed by atoms with Gasteiger partial charge in [-0.25, -0.2) is 4.39 Å². The molecule has 1 aromatic heterocycles. The Morgan fingerprint density at radius 1 is 1.28 bits per heavy atom. The molecule has 0 spiro atoms. The fraction of sp³-hybridized carbons (Fsp3) is 0.474. The highest BCUT2D eigenvalue weighted by Crippen LogP contribution is 2.37. The number of rotatable bonds is 5. The molecule has 1 aliphatic rings. The Labute approximate surface area is 146 Å². The molecule has 0 radical (unpaired) electrons. The van der Waals surface area contributed by atoms with Crippen molar-refractivity contribution >= 4 is 5.91 Å². The molecule has 2 aromatic rings. The highest BCUT2D eigenvalue weighted by atomic mass is 19.1. The number of benzene rings is 1. The minimum absolute atomic E-state index is 0.00291. The fourth-order valence-corrected chi connectivity index (χ4v) is 3.38. The summed E-state index contributed by atoms with van der Waals surface area (Å²) >= 11 is 0. The maximum Gasteiger partial charge on any atom is 0.233 e. The van der Waals surface area contributed by atoms with Gasteiger partial charge in [0.05, 0.1) is 17.7 Å². The van der Waals surface area contributed by atoms with E-state index in [1.807, 2.05) is 13.0 Å². The molecule has 5 nitrogen and oxygen atoms in total. The number of nitrogens with zero attached hydrogens (tertiary/aromatic N) is 2. The van der Waals surface area contributed by atoms with Gasteiger partial charge in [-0.2, -0.15) is 0 Å². The van der Waals surface area contributed by atoms with E-state index in [9.17, 15) is 9.18 Å². The SMILES string of the molecule is CCc1cc(CN(C)C(=O)C2(c3ccc(F)cc3)CCOCC2)on1. The van der Waals surface area contributed by atoms with Gasteiger partial charge in [0.15, 0.2) is 5.76 Å². The van der Waals surface area contributed by atoms with Gasteiger partial charge >= 0.3 is 0 Å². The Hall–Kier alpha value is -2.21. The lowest BCUT2D eigenvalue weighted by Gasteiger charge is -2.38. The van der Waals surface area contributed by atoms with E-state index in [-0.39, 0.29) is 11.7 Å². The maximum atomic E-state index is 13.3. The molecule has 1 saturated heterocycles. The number of aromatic nitrogens is 1. The van der Waals surface area contributed by atoms with Crippen molar-refractivity contribution in [1.82, 2.24) is 10.1 Å². The molecule has 0 bridgehead atoms. The third-order valence-electron chi connectivity index (χ3n) is 4.86. The van der Waals surface area contributed by atoms with E-state index in [1.165, 1.54) is 12.1 Å². The van der Waals surface area contributed by atoms with Crippen molar-refractivity contribution in [3.05, 3.63) is 53.2 Å². The Balaban J connectivity index is 1.84. The number of hydrogen-bond donors (Lipinski definition) is 0. The molecule has 1 fully saturated rings. The summed E-state index contributed by atoms with van der Waals surface area (Å²) in [4.78, 5) is 15.0. The van der Waals surface area contributed by atoms with Crippen LogP contribution in [0.4, 0.5) is 4.39 Å². The van der Waals surface area contributed by atoms with Crippen LogP contribution >= 0.6 is 0 Å². The summed E-state index contributed by atoms with van der Waals surface area (Å²) in [7, 11) is 1.76. The van der Waals surface area contributed by atoms with E-state index in [2.05, 4.69) is 5.16 Å². The number of aryl methyl sites for hydroxylation is 1. The molecule has 134 valence electrons. The fourth-order valence-electron chi connectivity index (χ4n) is 3.38. The molecule has 0 saturated carbocycles. The van der Waals surface area contributed by atoms with Crippen LogP contribution < -0.4 is 0 Å². The molecule has 0 aliphatic carbocycles. The van der Waals surface area contributed by atoms with Crippen LogP contribution in [-0.4, -0.2) is 36.2 Å².